The van der Waals surface area contributed by atoms with E-state index >= 15 is 0 Å². The van der Waals surface area contributed by atoms with E-state index in [1.54, 1.807) is 0 Å². The molecule has 0 aliphatic carbocycles. The Bertz CT molecular complexity index is 398. The van der Waals surface area contributed by atoms with Crippen LogP contribution in [0, 0.1) is 5.41 Å². The van der Waals surface area contributed by atoms with Crippen molar-refractivity contribution in [3.63, 3.8) is 0 Å². The molecular weight excluding hydrogens is 222 g/mol. The summed E-state index contributed by atoms with van der Waals surface area (Å²) < 4.78 is 0. The summed E-state index contributed by atoms with van der Waals surface area (Å²) in [5, 5.41) is 7.71. The predicted molar refractivity (Wildman–Crippen MR) is 75.7 cm³/mol. The SMILES string of the molecule is CC(C)c1n[nH]c2c1CN(CCC(C)(C)C)CC2. The van der Waals surface area contributed by atoms with Gasteiger partial charge in [-0.3, -0.25) is 10.00 Å². The maximum atomic E-state index is 4.49. The van der Waals surface area contributed by atoms with E-state index in [0.29, 0.717) is 11.3 Å². The van der Waals surface area contributed by atoms with Crippen LogP contribution >= 0.6 is 0 Å². The number of fused-ring (bicyclic) bond motifs is 1. The summed E-state index contributed by atoms with van der Waals surface area (Å²) in [4.78, 5) is 2.58. The molecule has 0 saturated carbocycles. The van der Waals surface area contributed by atoms with Gasteiger partial charge in [-0.1, -0.05) is 34.6 Å². The fourth-order valence-corrected chi connectivity index (χ4v) is 2.54. The third-order valence-electron chi connectivity index (χ3n) is 3.77. The molecule has 0 unspecified atom stereocenters. The van der Waals surface area contributed by atoms with Crippen LogP contribution in [-0.4, -0.2) is 28.2 Å². The summed E-state index contributed by atoms with van der Waals surface area (Å²) in [5.74, 6) is 0.521. The summed E-state index contributed by atoms with van der Waals surface area (Å²) in [6.07, 6.45) is 2.39. The fourth-order valence-electron chi connectivity index (χ4n) is 2.54. The molecule has 1 N–H and O–H groups in total. The maximum absolute atomic E-state index is 4.49. The van der Waals surface area contributed by atoms with Crippen LogP contribution in [0.2, 0.25) is 0 Å². The lowest BCUT2D eigenvalue weighted by Crippen LogP contribution is -2.33. The molecule has 0 amide bonds. The number of hydrogen-bond donors (Lipinski definition) is 1. The van der Waals surface area contributed by atoms with Gasteiger partial charge in [0.05, 0.1) is 5.69 Å². The Balaban J connectivity index is 2.02. The first-order valence-corrected chi connectivity index (χ1v) is 7.15. The highest BCUT2D eigenvalue weighted by Gasteiger charge is 2.23. The van der Waals surface area contributed by atoms with E-state index in [-0.39, 0.29) is 0 Å². The standard InChI is InChI=1S/C15H27N3/c1-11(2)14-12-10-18(9-7-15(3,4)5)8-6-13(12)16-17-14/h11H,6-10H2,1-5H3,(H,16,17). The van der Waals surface area contributed by atoms with Gasteiger partial charge in [0, 0.05) is 30.8 Å². The quantitative estimate of drug-likeness (QED) is 0.891. The highest BCUT2D eigenvalue weighted by atomic mass is 15.2. The maximum Gasteiger partial charge on any atom is 0.0695 e. The summed E-state index contributed by atoms with van der Waals surface area (Å²) >= 11 is 0. The van der Waals surface area contributed by atoms with E-state index in [9.17, 15) is 0 Å². The third kappa shape index (κ3) is 3.14. The van der Waals surface area contributed by atoms with Gasteiger partial charge < -0.3 is 0 Å². The highest BCUT2D eigenvalue weighted by molar-refractivity contribution is 5.29. The Hall–Kier alpha value is -0.830. The minimum Gasteiger partial charge on any atom is -0.299 e. The zero-order valence-corrected chi connectivity index (χ0v) is 12.5. The highest BCUT2D eigenvalue weighted by Crippen LogP contribution is 2.27. The molecule has 0 spiro atoms. The van der Waals surface area contributed by atoms with Crippen LogP contribution in [0.25, 0.3) is 0 Å². The summed E-state index contributed by atoms with van der Waals surface area (Å²) in [6, 6.07) is 0. The van der Waals surface area contributed by atoms with Crippen molar-refractivity contribution in [2.75, 3.05) is 13.1 Å². The number of rotatable bonds is 3. The van der Waals surface area contributed by atoms with Crippen LogP contribution in [0.15, 0.2) is 0 Å². The normalized spacial score (nSPS) is 17.2. The van der Waals surface area contributed by atoms with Crippen LogP contribution in [0.3, 0.4) is 0 Å². The molecule has 0 aromatic carbocycles. The van der Waals surface area contributed by atoms with E-state index in [2.05, 4.69) is 49.7 Å². The van der Waals surface area contributed by atoms with Crippen molar-refractivity contribution in [1.29, 1.82) is 0 Å². The van der Waals surface area contributed by atoms with Gasteiger partial charge >= 0.3 is 0 Å². The third-order valence-corrected chi connectivity index (χ3v) is 3.77. The van der Waals surface area contributed by atoms with E-state index in [0.717, 1.165) is 13.0 Å². The molecule has 0 fully saturated rings. The number of nitrogens with zero attached hydrogens (tertiary/aromatic N) is 2. The van der Waals surface area contributed by atoms with Crippen LogP contribution in [0.4, 0.5) is 0 Å². The van der Waals surface area contributed by atoms with Gasteiger partial charge in [0.15, 0.2) is 0 Å². The molecule has 0 saturated heterocycles. The Morgan fingerprint density at radius 1 is 1.33 bits per heavy atom. The van der Waals surface area contributed by atoms with Crippen LogP contribution in [0.1, 0.15) is 63.9 Å². The predicted octanol–water partition coefficient (Wildman–Crippen LogP) is 3.33. The average Bonchev–Trinajstić information content (AvgIpc) is 2.68. The number of aromatic amines is 1. The van der Waals surface area contributed by atoms with Gasteiger partial charge in [0.1, 0.15) is 0 Å². The molecule has 18 heavy (non-hydrogen) atoms. The molecule has 2 rings (SSSR count). The van der Waals surface area contributed by atoms with Gasteiger partial charge in [-0.25, -0.2) is 0 Å². The minimum atomic E-state index is 0.428. The lowest BCUT2D eigenvalue weighted by atomic mass is 9.91. The van der Waals surface area contributed by atoms with Crippen molar-refractivity contribution in [2.45, 2.75) is 59.9 Å². The van der Waals surface area contributed by atoms with Gasteiger partial charge in [0.25, 0.3) is 0 Å². The molecule has 2 heterocycles. The Labute approximate surface area is 111 Å². The molecule has 1 aliphatic heterocycles. The van der Waals surface area contributed by atoms with E-state index in [4.69, 9.17) is 0 Å². The van der Waals surface area contributed by atoms with Gasteiger partial charge in [-0.05, 0) is 24.3 Å². The fraction of sp³-hybridized carbons (Fsp3) is 0.800. The largest absolute Gasteiger partial charge is 0.299 e. The topological polar surface area (TPSA) is 31.9 Å². The first-order chi connectivity index (χ1) is 8.37. The Morgan fingerprint density at radius 2 is 2.06 bits per heavy atom. The second-order valence-corrected chi connectivity index (χ2v) is 7.06. The van der Waals surface area contributed by atoms with Crippen LogP contribution < -0.4 is 0 Å². The molecule has 0 atom stereocenters. The molecule has 3 heteroatoms. The molecule has 0 radical (unpaired) electrons. The molecule has 1 aromatic rings. The van der Waals surface area contributed by atoms with Crippen molar-refractivity contribution in [1.82, 2.24) is 15.1 Å². The lowest BCUT2D eigenvalue weighted by molar-refractivity contribution is 0.211. The molecule has 1 aliphatic rings. The summed E-state index contributed by atoms with van der Waals surface area (Å²) in [5.41, 5.74) is 4.53. The second-order valence-electron chi connectivity index (χ2n) is 7.06. The van der Waals surface area contributed by atoms with E-state index in [1.807, 2.05) is 0 Å². The van der Waals surface area contributed by atoms with Gasteiger partial charge in [-0.15, -0.1) is 0 Å². The monoisotopic (exact) mass is 249 g/mol. The van der Waals surface area contributed by atoms with E-state index < -0.39 is 0 Å². The van der Waals surface area contributed by atoms with Crippen molar-refractivity contribution in [3.05, 3.63) is 17.0 Å². The molecule has 3 nitrogen and oxygen atoms in total. The van der Waals surface area contributed by atoms with Crippen molar-refractivity contribution in [3.8, 4) is 0 Å². The minimum absolute atomic E-state index is 0.428. The van der Waals surface area contributed by atoms with Gasteiger partial charge in [-0.2, -0.15) is 5.10 Å². The molecule has 102 valence electrons. The average molecular weight is 249 g/mol. The summed E-state index contributed by atoms with van der Waals surface area (Å²) in [7, 11) is 0. The number of H-pyrrole nitrogens is 1. The van der Waals surface area contributed by atoms with Crippen molar-refractivity contribution < 1.29 is 0 Å². The van der Waals surface area contributed by atoms with Gasteiger partial charge in [0.2, 0.25) is 0 Å². The Kier molecular flexibility index (Phi) is 3.81. The first-order valence-electron chi connectivity index (χ1n) is 7.15. The first kappa shape index (κ1) is 13.6. The van der Waals surface area contributed by atoms with Crippen molar-refractivity contribution in [2.24, 2.45) is 5.41 Å². The smallest absolute Gasteiger partial charge is 0.0695 e. The summed E-state index contributed by atoms with van der Waals surface area (Å²) in [6.45, 7) is 14.9. The molecular formula is C15H27N3. The zero-order valence-electron chi connectivity index (χ0n) is 12.5. The number of hydrogen-bond acceptors (Lipinski definition) is 2. The lowest BCUT2D eigenvalue weighted by Gasteiger charge is -2.30. The van der Waals surface area contributed by atoms with E-state index in [1.165, 1.54) is 36.5 Å². The molecule has 1 aromatic heterocycles. The number of nitrogens with one attached hydrogen (secondary N) is 1. The van der Waals surface area contributed by atoms with Crippen molar-refractivity contribution >= 4 is 0 Å². The van der Waals surface area contributed by atoms with Crippen LogP contribution in [-0.2, 0) is 13.0 Å². The number of aromatic nitrogens is 2. The zero-order chi connectivity index (χ0) is 13.3. The second kappa shape index (κ2) is 5.04. The Morgan fingerprint density at radius 3 is 2.67 bits per heavy atom. The molecule has 0 bridgehead atoms. The van der Waals surface area contributed by atoms with Crippen LogP contribution in [0.5, 0.6) is 0 Å².